The van der Waals surface area contributed by atoms with E-state index in [1.54, 1.807) is 6.07 Å². The molecule has 1 saturated heterocycles. The van der Waals surface area contributed by atoms with Crippen LogP contribution in [-0.4, -0.2) is 47.1 Å². The van der Waals surface area contributed by atoms with Crippen LogP contribution < -0.4 is 5.32 Å². The fraction of sp³-hybridized carbons (Fsp3) is 0.444. The lowest BCUT2D eigenvalue weighted by atomic mass is 9.89. The van der Waals surface area contributed by atoms with Gasteiger partial charge in [0.1, 0.15) is 5.75 Å². The van der Waals surface area contributed by atoms with Gasteiger partial charge in [-0.05, 0) is 87.1 Å². The number of piperidine rings is 1. The zero-order chi connectivity index (χ0) is 22.2. The minimum atomic E-state index is 0.0263. The number of aromatic hydroxyl groups is 1. The van der Waals surface area contributed by atoms with Gasteiger partial charge in [-0.15, -0.1) is 0 Å². The summed E-state index contributed by atoms with van der Waals surface area (Å²) < 4.78 is 0. The van der Waals surface area contributed by atoms with Crippen molar-refractivity contribution < 1.29 is 9.90 Å². The SMILES string of the molecule is O=C(NCCCCCCCN1CCC(c2c[nH]c3ccc(O)cc23)CC1)c1ccccc1. The standard InChI is InChI=1S/C27H35N3O2/c31-23-11-12-26-24(19-23)25(20-29-26)21-13-17-30(18-14-21)16-8-3-1-2-7-15-28-27(32)22-9-5-4-6-10-22/h4-6,9-12,19-21,29,31H,1-3,7-8,13-18H2,(H,28,32). The van der Waals surface area contributed by atoms with Crippen LogP contribution in [0.5, 0.6) is 5.75 Å². The van der Waals surface area contributed by atoms with E-state index in [4.69, 9.17) is 0 Å². The Bertz CT molecular complexity index is 991. The molecule has 5 nitrogen and oxygen atoms in total. The van der Waals surface area contributed by atoms with E-state index in [1.807, 2.05) is 42.5 Å². The summed E-state index contributed by atoms with van der Waals surface area (Å²) in [6, 6.07) is 15.0. The molecule has 0 radical (unpaired) electrons. The fourth-order valence-corrected chi connectivity index (χ4v) is 4.82. The van der Waals surface area contributed by atoms with Crippen LogP contribution in [0.25, 0.3) is 10.9 Å². The second-order valence-corrected chi connectivity index (χ2v) is 8.98. The lowest BCUT2D eigenvalue weighted by Crippen LogP contribution is -2.33. The molecule has 0 spiro atoms. The van der Waals surface area contributed by atoms with E-state index in [2.05, 4.69) is 21.4 Å². The normalized spacial score (nSPS) is 15.2. The van der Waals surface area contributed by atoms with E-state index in [9.17, 15) is 9.90 Å². The average Bonchev–Trinajstić information content (AvgIpc) is 3.24. The quantitative estimate of drug-likeness (QED) is 0.373. The molecule has 0 bridgehead atoms. The number of unbranched alkanes of at least 4 members (excludes halogenated alkanes) is 4. The molecule has 0 aliphatic carbocycles. The molecule has 0 saturated carbocycles. The second kappa shape index (κ2) is 11.2. The Morgan fingerprint density at radius 1 is 1.00 bits per heavy atom. The summed E-state index contributed by atoms with van der Waals surface area (Å²) in [6.07, 6.45) is 10.5. The van der Waals surface area contributed by atoms with Crippen molar-refractivity contribution in [2.75, 3.05) is 26.2 Å². The number of carbonyl (C=O) groups is 1. The van der Waals surface area contributed by atoms with Crippen molar-refractivity contribution in [1.29, 1.82) is 0 Å². The van der Waals surface area contributed by atoms with Crippen LogP contribution in [0, 0.1) is 0 Å². The number of aromatic amines is 1. The predicted molar refractivity (Wildman–Crippen MR) is 130 cm³/mol. The molecule has 3 N–H and O–H groups in total. The van der Waals surface area contributed by atoms with Gasteiger partial charge in [-0.25, -0.2) is 0 Å². The Kier molecular flexibility index (Phi) is 7.83. The molecule has 0 unspecified atom stereocenters. The number of hydrogen-bond acceptors (Lipinski definition) is 3. The van der Waals surface area contributed by atoms with E-state index in [0.717, 1.165) is 37.1 Å². The number of aromatic nitrogens is 1. The van der Waals surface area contributed by atoms with Crippen LogP contribution in [0.1, 0.15) is 66.8 Å². The molecule has 3 aromatic rings. The minimum Gasteiger partial charge on any atom is -0.508 e. The molecular weight excluding hydrogens is 398 g/mol. The number of hydrogen-bond donors (Lipinski definition) is 3. The molecule has 1 aromatic heterocycles. The first-order valence-corrected chi connectivity index (χ1v) is 12.1. The maximum atomic E-state index is 12.0. The van der Waals surface area contributed by atoms with Crippen LogP contribution >= 0.6 is 0 Å². The zero-order valence-corrected chi connectivity index (χ0v) is 18.9. The Labute approximate surface area is 190 Å². The second-order valence-electron chi connectivity index (χ2n) is 8.98. The third-order valence-electron chi connectivity index (χ3n) is 6.70. The van der Waals surface area contributed by atoms with Gasteiger partial charge in [-0.2, -0.15) is 0 Å². The molecule has 1 amide bonds. The van der Waals surface area contributed by atoms with E-state index >= 15 is 0 Å². The lowest BCUT2D eigenvalue weighted by molar-refractivity contribution is 0.0953. The summed E-state index contributed by atoms with van der Waals surface area (Å²) in [6.45, 7) is 4.25. The highest BCUT2D eigenvalue weighted by Gasteiger charge is 2.22. The van der Waals surface area contributed by atoms with Crippen LogP contribution in [0.2, 0.25) is 0 Å². The molecule has 4 rings (SSSR count). The number of benzene rings is 2. The summed E-state index contributed by atoms with van der Waals surface area (Å²) in [5.41, 5.74) is 3.20. The number of H-pyrrole nitrogens is 1. The van der Waals surface area contributed by atoms with E-state index in [-0.39, 0.29) is 5.91 Å². The van der Waals surface area contributed by atoms with Crippen molar-refractivity contribution in [3.05, 3.63) is 65.9 Å². The Morgan fingerprint density at radius 2 is 1.75 bits per heavy atom. The number of amides is 1. The molecule has 2 aromatic carbocycles. The third kappa shape index (κ3) is 5.92. The number of nitrogens with zero attached hydrogens (tertiary/aromatic N) is 1. The first-order chi connectivity index (χ1) is 15.7. The first kappa shape index (κ1) is 22.4. The van der Waals surface area contributed by atoms with Crippen molar-refractivity contribution in [2.24, 2.45) is 0 Å². The van der Waals surface area contributed by atoms with Crippen LogP contribution in [0.15, 0.2) is 54.7 Å². The Hall–Kier alpha value is -2.79. The smallest absolute Gasteiger partial charge is 0.251 e. The number of phenolic OH excluding ortho intramolecular Hbond substituents is 1. The Morgan fingerprint density at radius 3 is 2.56 bits per heavy atom. The van der Waals surface area contributed by atoms with Crippen LogP contribution in [0.4, 0.5) is 0 Å². The maximum Gasteiger partial charge on any atom is 0.251 e. The predicted octanol–water partition coefficient (Wildman–Crippen LogP) is 5.43. The topological polar surface area (TPSA) is 68.4 Å². The van der Waals surface area contributed by atoms with Crippen molar-refractivity contribution in [3.8, 4) is 5.75 Å². The summed E-state index contributed by atoms with van der Waals surface area (Å²) in [4.78, 5) is 18.0. The van der Waals surface area contributed by atoms with Gasteiger partial charge in [0.25, 0.3) is 5.91 Å². The van der Waals surface area contributed by atoms with Crippen LogP contribution in [-0.2, 0) is 0 Å². The average molecular weight is 434 g/mol. The van der Waals surface area contributed by atoms with Gasteiger partial charge in [-0.3, -0.25) is 4.79 Å². The number of fused-ring (bicyclic) bond motifs is 1. The van der Waals surface area contributed by atoms with Gasteiger partial charge in [0.2, 0.25) is 0 Å². The van der Waals surface area contributed by atoms with Gasteiger partial charge in [0.05, 0.1) is 0 Å². The number of phenols is 1. The number of likely N-dealkylation sites (tertiary alicyclic amines) is 1. The van der Waals surface area contributed by atoms with Crippen molar-refractivity contribution in [2.45, 2.75) is 50.9 Å². The van der Waals surface area contributed by atoms with E-state index < -0.39 is 0 Å². The lowest BCUT2D eigenvalue weighted by Gasteiger charge is -2.32. The van der Waals surface area contributed by atoms with Gasteiger partial charge in [0, 0.05) is 29.2 Å². The molecule has 1 aliphatic rings. The molecule has 32 heavy (non-hydrogen) atoms. The summed E-state index contributed by atoms with van der Waals surface area (Å²) >= 11 is 0. The molecule has 0 atom stereocenters. The van der Waals surface area contributed by atoms with Gasteiger partial charge in [0.15, 0.2) is 0 Å². The molecule has 5 heteroatoms. The monoisotopic (exact) mass is 433 g/mol. The highest BCUT2D eigenvalue weighted by Crippen LogP contribution is 2.34. The summed E-state index contributed by atoms with van der Waals surface area (Å²) in [5, 5.41) is 14.0. The Balaban J connectivity index is 1.07. The molecule has 2 heterocycles. The van der Waals surface area contributed by atoms with E-state index in [0.29, 0.717) is 11.7 Å². The highest BCUT2D eigenvalue weighted by molar-refractivity contribution is 5.94. The summed E-state index contributed by atoms with van der Waals surface area (Å²) in [7, 11) is 0. The largest absolute Gasteiger partial charge is 0.508 e. The molecule has 1 aliphatic heterocycles. The third-order valence-corrected chi connectivity index (χ3v) is 6.70. The zero-order valence-electron chi connectivity index (χ0n) is 18.9. The maximum absolute atomic E-state index is 12.0. The minimum absolute atomic E-state index is 0.0263. The highest BCUT2D eigenvalue weighted by atomic mass is 16.3. The van der Waals surface area contributed by atoms with Crippen molar-refractivity contribution >= 4 is 16.8 Å². The van der Waals surface area contributed by atoms with Gasteiger partial charge in [-0.1, -0.05) is 37.5 Å². The molecule has 1 fully saturated rings. The number of rotatable bonds is 10. The number of carbonyl (C=O) groups excluding carboxylic acids is 1. The summed E-state index contributed by atoms with van der Waals surface area (Å²) in [5.74, 6) is 0.945. The van der Waals surface area contributed by atoms with Gasteiger partial charge >= 0.3 is 0 Å². The van der Waals surface area contributed by atoms with Crippen molar-refractivity contribution in [1.82, 2.24) is 15.2 Å². The van der Waals surface area contributed by atoms with Gasteiger partial charge < -0.3 is 20.3 Å². The number of nitrogens with one attached hydrogen (secondary N) is 2. The molecular formula is C27H35N3O2. The fourth-order valence-electron chi connectivity index (χ4n) is 4.82. The molecule has 170 valence electrons. The first-order valence-electron chi connectivity index (χ1n) is 12.1. The van der Waals surface area contributed by atoms with E-state index in [1.165, 1.54) is 56.0 Å². The van der Waals surface area contributed by atoms with Crippen LogP contribution in [0.3, 0.4) is 0 Å². The van der Waals surface area contributed by atoms with Crippen molar-refractivity contribution in [3.63, 3.8) is 0 Å².